The number of hydrogen-bond donors (Lipinski definition) is 1. The van der Waals surface area contributed by atoms with E-state index in [2.05, 4.69) is 45.3 Å². The molecular weight excluding hydrogens is 504 g/mol. The third-order valence-electron chi connectivity index (χ3n) is 5.13. The highest BCUT2D eigenvalue weighted by Gasteiger charge is 2.23. The number of carbonyl (C=O) groups excluding carboxylic acids is 1. The number of carbonyl (C=O) groups is 1. The first-order chi connectivity index (χ1) is 15.7. The van der Waals surface area contributed by atoms with Gasteiger partial charge in [0.1, 0.15) is 0 Å². The topological polar surface area (TPSA) is 78.3 Å². The van der Waals surface area contributed by atoms with Gasteiger partial charge in [0.2, 0.25) is 5.91 Å². The molecule has 9 heteroatoms. The van der Waals surface area contributed by atoms with E-state index < -0.39 is 0 Å². The molecular formula is C24H29BrN4O3S. The minimum Gasteiger partial charge on any atom is -0.493 e. The van der Waals surface area contributed by atoms with Crippen molar-refractivity contribution in [2.24, 2.45) is 0 Å². The minimum absolute atomic E-state index is 0.0955. The molecule has 7 nitrogen and oxygen atoms in total. The van der Waals surface area contributed by atoms with Gasteiger partial charge in [-0.05, 0) is 85.9 Å². The van der Waals surface area contributed by atoms with Crippen molar-refractivity contribution in [3.05, 3.63) is 57.8 Å². The standard InChI is InChI=1S/C24H29BrN4O3S/c1-14(2)29-23(17(5)32-21-10-8-7-9-20(21)31-6)27-28-24(29)33-13-22(30)26-19-12-16(4)15(3)11-18(19)25/h7-12,14,17H,13H2,1-6H3,(H,26,30). The predicted molar refractivity (Wildman–Crippen MR) is 135 cm³/mol. The molecule has 0 bridgehead atoms. The molecule has 0 spiro atoms. The fraction of sp³-hybridized carbons (Fsp3) is 0.375. The van der Waals surface area contributed by atoms with Crippen LogP contribution in [0, 0.1) is 13.8 Å². The largest absolute Gasteiger partial charge is 0.493 e. The van der Waals surface area contributed by atoms with E-state index in [1.807, 2.05) is 61.7 Å². The van der Waals surface area contributed by atoms with Gasteiger partial charge in [-0.15, -0.1) is 10.2 Å². The molecule has 33 heavy (non-hydrogen) atoms. The normalized spacial score (nSPS) is 12.0. The van der Waals surface area contributed by atoms with Gasteiger partial charge in [0.15, 0.2) is 28.6 Å². The van der Waals surface area contributed by atoms with E-state index in [4.69, 9.17) is 9.47 Å². The van der Waals surface area contributed by atoms with E-state index in [0.717, 1.165) is 21.3 Å². The highest BCUT2D eigenvalue weighted by atomic mass is 79.9. The van der Waals surface area contributed by atoms with E-state index >= 15 is 0 Å². The van der Waals surface area contributed by atoms with Crippen LogP contribution in [0.2, 0.25) is 0 Å². The number of aryl methyl sites for hydroxylation is 2. The summed E-state index contributed by atoms with van der Waals surface area (Å²) in [5, 5.41) is 12.4. The Morgan fingerprint density at radius 3 is 2.45 bits per heavy atom. The lowest BCUT2D eigenvalue weighted by molar-refractivity contribution is -0.113. The summed E-state index contributed by atoms with van der Waals surface area (Å²) >= 11 is 4.87. The van der Waals surface area contributed by atoms with Crippen molar-refractivity contribution in [2.45, 2.75) is 51.9 Å². The Bertz CT molecular complexity index is 1130. The van der Waals surface area contributed by atoms with Crippen molar-refractivity contribution in [3.63, 3.8) is 0 Å². The molecule has 0 saturated carbocycles. The zero-order chi connectivity index (χ0) is 24.1. The summed E-state index contributed by atoms with van der Waals surface area (Å²) in [5.74, 6) is 2.09. The Balaban J connectivity index is 1.71. The predicted octanol–water partition coefficient (Wildman–Crippen LogP) is 6.12. The first-order valence-corrected chi connectivity index (χ1v) is 12.4. The van der Waals surface area contributed by atoms with Gasteiger partial charge >= 0.3 is 0 Å². The molecule has 2 aromatic carbocycles. The second kappa shape index (κ2) is 11.1. The third kappa shape index (κ3) is 6.09. The highest BCUT2D eigenvalue weighted by Crippen LogP contribution is 2.32. The lowest BCUT2D eigenvalue weighted by Crippen LogP contribution is -2.17. The van der Waals surface area contributed by atoms with Crippen LogP contribution in [0.3, 0.4) is 0 Å². The summed E-state index contributed by atoms with van der Waals surface area (Å²) in [6.07, 6.45) is -0.356. The number of amides is 1. The van der Waals surface area contributed by atoms with Gasteiger partial charge in [-0.2, -0.15) is 0 Å². The molecule has 1 heterocycles. The Hall–Kier alpha value is -2.52. The number of anilines is 1. The van der Waals surface area contributed by atoms with Gasteiger partial charge < -0.3 is 19.4 Å². The smallest absolute Gasteiger partial charge is 0.234 e. The van der Waals surface area contributed by atoms with Crippen LogP contribution in [0.1, 0.15) is 49.9 Å². The fourth-order valence-corrected chi connectivity index (χ4v) is 4.73. The molecule has 0 radical (unpaired) electrons. The lowest BCUT2D eigenvalue weighted by atomic mass is 10.1. The number of nitrogens with one attached hydrogen (secondary N) is 1. The average Bonchev–Trinajstić information content (AvgIpc) is 3.21. The summed E-state index contributed by atoms with van der Waals surface area (Å²) in [6, 6.07) is 11.6. The van der Waals surface area contributed by atoms with Crippen molar-refractivity contribution in [1.82, 2.24) is 14.8 Å². The van der Waals surface area contributed by atoms with E-state index in [1.165, 1.54) is 11.8 Å². The maximum atomic E-state index is 12.6. The van der Waals surface area contributed by atoms with Crippen molar-refractivity contribution < 1.29 is 14.3 Å². The van der Waals surface area contributed by atoms with Crippen molar-refractivity contribution in [1.29, 1.82) is 0 Å². The molecule has 1 atom stereocenters. The third-order valence-corrected chi connectivity index (χ3v) is 6.73. The number of methoxy groups -OCH3 is 1. The molecule has 1 amide bonds. The van der Waals surface area contributed by atoms with Gasteiger partial charge in [0.25, 0.3) is 0 Å². The Morgan fingerprint density at radius 1 is 1.12 bits per heavy atom. The number of thioether (sulfide) groups is 1. The zero-order valence-electron chi connectivity index (χ0n) is 19.7. The molecule has 176 valence electrons. The number of ether oxygens (including phenoxy) is 2. The van der Waals surface area contributed by atoms with Crippen LogP contribution in [0.25, 0.3) is 0 Å². The van der Waals surface area contributed by atoms with Crippen LogP contribution >= 0.6 is 27.7 Å². The van der Waals surface area contributed by atoms with E-state index in [0.29, 0.717) is 22.5 Å². The van der Waals surface area contributed by atoms with E-state index in [9.17, 15) is 4.79 Å². The van der Waals surface area contributed by atoms with Gasteiger partial charge in [-0.1, -0.05) is 23.9 Å². The number of benzene rings is 2. The van der Waals surface area contributed by atoms with Crippen LogP contribution in [0.5, 0.6) is 11.5 Å². The molecule has 0 fully saturated rings. The second-order valence-electron chi connectivity index (χ2n) is 7.97. The van der Waals surface area contributed by atoms with Crippen LogP contribution in [0.15, 0.2) is 46.0 Å². The molecule has 0 saturated heterocycles. The quantitative estimate of drug-likeness (QED) is 0.334. The van der Waals surface area contributed by atoms with E-state index in [-0.39, 0.29) is 23.8 Å². The molecule has 0 aliphatic rings. The number of aromatic nitrogens is 3. The van der Waals surface area contributed by atoms with Crippen LogP contribution in [-0.4, -0.2) is 33.5 Å². The first kappa shape index (κ1) is 25.1. The van der Waals surface area contributed by atoms with Crippen LogP contribution in [0.4, 0.5) is 5.69 Å². The Labute approximate surface area is 207 Å². The number of hydrogen-bond acceptors (Lipinski definition) is 6. The average molecular weight is 533 g/mol. The summed E-state index contributed by atoms with van der Waals surface area (Å²) in [7, 11) is 1.61. The first-order valence-electron chi connectivity index (χ1n) is 10.6. The Kier molecular flexibility index (Phi) is 8.42. The number of nitrogens with zero attached hydrogens (tertiary/aromatic N) is 3. The van der Waals surface area contributed by atoms with Gasteiger partial charge in [0, 0.05) is 10.5 Å². The minimum atomic E-state index is -0.356. The summed E-state index contributed by atoms with van der Waals surface area (Å²) in [6.45, 7) is 10.1. The monoisotopic (exact) mass is 532 g/mol. The second-order valence-corrected chi connectivity index (χ2v) is 9.77. The van der Waals surface area contributed by atoms with Gasteiger partial charge in [-0.25, -0.2) is 0 Å². The lowest BCUT2D eigenvalue weighted by Gasteiger charge is -2.19. The highest BCUT2D eigenvalue weighted by molar-refractivity contribution is 9.10. The summed E-state index contributed by atoms with van der Waals surface area (Å²) < 4.78 is 14.4. The number of halogens is 1. The molecule has 1 aromatic heterocycles. The van der Waals surface area contributed by atoms with Gasteiger partial charge in [-0.3, -0.25) is 4.79 Å². The molecule has 3 aromatic rings. The van der Waals surface area contributed by atoms with Gasteiger partial charge in [0.05, 0.1) is 18.6 Å². The van der Waals surface area contributed by atoms with Crippen molar-refractivity contribution >= 4 is 39.3 Å². The fourth-order valence-electron chi connectivity index (χ4n) is 3.30. The van der Waals surface area contributed by atoms with Crippen LogP contribution < -0.4 is 14.8 Å². The zero-order valence-corrected chi connectivity index (χ0v) is 22.1. The molecule has 1 N–H and O–H groups in total. The SMILES string of the molecule is COc1ccccc1OC(C)c1nnc(SCC(=O)Nc2cc(C)c(C)cc2Br)n1C(C)C. The maximum Gasteiger partial charge on any atom is 0.234 e. The summed E-state index contributed by atoms with van der Waals surface area (Å²) in [5.41, 5.74) is 3.04. The Morgan fingerprint density at radius 2 is 1.79 bits per heavy atom. The summed E-state index contributed by atoms with van der Waals surface area (Å²) in [4.78, 5) is 12.6. The number of para-hydroxylation sites is 2. The van der Waals surface area contributed by atoms with E-state index in [1.54, 1.807) is 7.11 Å². The number of rotatable bonds is 9. The molecule has 1 unspecified atom stereocenters. The van der Waals surface area contributed by atoms with Crippen molar-refractivity contribution in [2.75, 3.05) is 18.2 Å². The van der Waals surface area contributed by atoms with Crippen LogP contribution in [-0.2, 0) is 4.79 Å². The molecule has 0 aliphatic heterocycles. The maximum absolute atomic E-state index is 12.6. The van der Waals surface area contributed by atoms with Crippen molar-refractivity contribution in [3.8, 4) is 11.5 Å². The molecule has 0 aliphatic carbocycles. The molecule has 3 rings (SSSR count).